The molecule has 2 heterocycles. The number of hydrogen-bond acceptors (Lipinski definition) is 4. The van der Waals surface area contributed by atoms with Crippen LogP contribution in [0.2, 0.25) is 0 Å². The molecular weight excluding hydrogens is 348 g/mol. The number of carbonyl (C=O) groups is 1. The van der Waals surface area contributed by atoms with Gasteiger partial charge in [-0.3, -0.25) is 9.78 Å². The molecule has 1 N–H and O–H groups in total. The van der Waals surface area contributed by atoms with Crippen LogP contribution in [0.4, 0.5) is 5.82 Å². The van der Waals surface area contributed by atoms with Crippen molar-refractivity contribution in [1.29, 1.82) is 0 Å². The molecule has 0 atom stereocenters. The molecule has 0 aliphatic heterocycles. The molecule has 0 amide bonds. The van der Waals surface area contributed by atoms with E-state index < -0.39 is 0 Å². The normalized spacial score (nSPS) is 10.6. The van der Waals surface area contributed by atoms with Gasteiger partial charge >= 0.3 is 0 Å². The number of aryl methyl sites for hydroxylation is 1. The molecule has 0 aliphatic carbocycles. The van der Waals surface area contributed by atoms with Crippen molar-refractivity contribution < 1.29 is 4.79 Å². The molecule has 0 bridgehead atoms. The Labute approximate surface area is 163 Å². The van der Waals surface area contributed by atoms with E-state index in [0.717, 1.165) is 16.7 Å². The van der Waals surface area contributed by atoms with E-state index in [0.29, 0.717) is 23.6 Å². The number of nitrogens with zero attached hydrogens (tertiary/aromatic N) is 3. The van der Waals surface area contributed by atoms with Gasteiger partial charge in [-0.1, -0.05) is 48.0 Å². The zero-order valence-electron chi connectivity index (χ0n) is 15.5. The van der Waals surface area contributed by atoms with E-state index in [9.17, 15) is 4.79 Å². The third-order valence-electron chi connectivity index (χ3n) is 4.44. The Hall–Kier alpha value is -3.73. The van der Waals surface area contributed by atoms with E-state index in [4.69, 9.17) is 0 Å². The second-order valence-electron chi connectivity index (χ2n) is 6.58. The Morgan fingerprint density at radius 3 is 2.61 bits per heavy atom. The lowest BCUT2D eigenvalue weighted by Gasteiger charge is -2.09. The van der Waals surface area contributed by atoms with Crippen molar-refractivity contribution in [2.75, 3.05) is 5.32 Å². The van der Waals surface area contributed by atoms with Gasteiger partial charge in [0.05, 0.1) is 5.69 Å². The van der Waals surface area contributed by atoms with Gasteiger partial charge in [0.15, 0.2) is 0 Å². The van der Waals surface area contributed by atoms with Gasteiger partial charge in [-0.05, 0) is 36.8 Å². The average Bonchev–Trinajstić information content (AvgIpc) is 3.17. The largest absolute Gasteiger partial charge is 0.366 e. The first-order chi connectivity index (χ1) is 13.7. The minimum atomic E-state index is -0.172. The molecule has 0 fully saturated rings. The van der Waals surface area contributed by atoms with Gasteiger partial charge in [-0.25, -0.2) is 0 Å². The summed E-state index contributed by atoms with van der Waals surface area (Å²) in [5, 5.41) is 7.91. The molecular formula is C23H20N4O. The van der Waals surface area contributed by atoms with Crippen LogP contribution in [0.1, 0.15) is 21.5 Å². The summed E-state index contributed by atoms with van der Waals surface area (Å²) in [6, 6.07) is 23.2. The summed E-state index contributed by atoms with van der Waals surface area (Å²) in [5.74, 6) is 0.476. The van der Waals surface area contributed by atoms with Crippen LogP contribution in [-0.2, 0) is 6.54 Å². The molecule has 0 unspecified atom stereocenters. The van der Waals surface area contributed by atoms with E-state index in [1.807, 2.05) is 79.7 Å². The molecule has 0 aliphatic rings. The lowest BCUT2D eigenvalue weighted by atomic mass is 10.1. The molecule has 0 saturated carbocycles. The highest BCUT2D eigenvalue weighted by Crippen LogP contribution is 2.23. The monoisotopic (exact) mass is 368 g/mol. The predicted molar refractivity (Wildman–Crippen MR) is 110 cm³/mol. The SMILES string of the molecule is Cc1cccc(C(=O)n2nc(-c3cccnc3)cc2NCc2ccccc2)c1. The molecule has 5 nitrogen and oxygen atoms in total. The van der Waals surface area contributed by atoms with E-state index in [1.54, 1.807) is 12.4 Å². The number of anilines is 1. The Kier molecular flexibility index (Phi) is 4.97. The van der Waals surface area contributed by atoms with Gasteiger partial charge in [0, 0.05) is 36.1 Å². The molecule has 0 saturated heterocycles. The van der Waals surface area contributed by atoms with Gasteiger partial charge in [-0.15, -0.1) is 0 Å². The van der Waals surface area contributed by atoms with E-state index in [2.05, 4.69) is 15.4 Å². The van der Waals surface area contributed by atoms with Crippen molar-refractivity contribution >= 4 is 11.7 Å². The van der Waals surface area contributed by atoms with E-state index >= 15 is 0 Å². The van der Waals surface area contributed by atoms with Crippen LogP contribution >= 0.6 is 0 Å². The third kappa shape index (κ3) is 3.83. The highest BCUT2D eigenvalue weighted by molar-refractivity contribution is 5.97. The summed E-state index contributed by atoms with van der Waals surface area (Å²) >= 11 is 0. The highest BCUT2D eigenvalue weighted by atomic mass is 16.2. The number of pyridine rings is 1. The zero-order chi connectivity index (χ0) is 19.3. The fourth-order valence-corrected chi connectivity index (χ4v) is 3.01. The zero-order valence-corrected chi connectivity index (χ0v) is 15.5. The van der Waals surface area contributed by atoms with Crippen LogP contribution < -0.4 is 5.32 Å². The number of nitrogens with one attached hydrogen (secondary N) is 1. The number of benzene rings is 2. The molecule has 2 aromatic heterocycles. The Morgan fingerprint density at radius 2 is 1.86 bits per heavy atom. The average molecular weight is 368 g/mol. The summed E-state index contributed by atoms with van der Waals surface area (Å²) in [5.41, 5.74) is 4.32. The van der Waals surface area contributed by atoms with Gasteiger partial charge in [0.2, 0.25) is 0 Å². The minimum absolute atomic E-state index is 0.172. The molecule has 0 radical (unpaired) electrons. The molecule has 5 heteroatoms. The third-order valence-corrected chi connectivity index (χ3v) is 4.44. The first-order valence-electron chi connectivity index (χ1n) is 9.10. The van der Waals surface area contributed by atoms with Gasteiger partial charge in [-0.2, -0.15) is 9.78 Å². The maximum Gasteiger partial charge on any atom is 0.280 e. The smallest absolute Gasteiger partial charge is 0.280 e. The predicted octanol–water partition coefficient (Wildman–Crippen LogP) is 4.55. The number of rotatable bonds is 5. The topological polar surface area (TPSA) is 59.8 Å². The molecule has 138 valence electrons. The van der Waals surface area contributed by atoms with E-state index in [-0.39, 0.29) is 5.91 Å². The standard InChI is InChI=1S/C23H20N4O/c1-17-7-5-10-19(13-17)23(28)27-22(25-15-18-8-3-2-4-9-18)14-21(26-27)20-11-6-12-24-16-20/h2-14,16,25H,15H2,1H3. The first kappa shape index (κ1) is 17.7. The van der Waals surface area contributed by atoms with Crippen LogP contribution in [0, 0.1) is 6.92 Å². The summed E-state index contributed by atoms with van der Waals surface area (Å²) in [7, 11) is 0. The fraction of sp³-hybridized carbons (Fsp3) is 0.0870. The second kappa shape index (κ2) is 7.88. The molecule has 0 spiro atoms. The van der Waals surface area contributed by atoms with Crippen molar-refractivity contribution in [3.63, 3.8) is 0 Å². The maximum absolute atomic E-state index is 13.1. The van der Waals surface area contributed by atoms with Crippen LogP contribution in [0.25, 0.3) is 11.3 Å². The van der Waals surface area contributed by atoms with Crippen molar-refractivity contribution in [1.82, 2.24) is 14.8 Å². The van der Waals surface area contributed by atoms with E-state index in [1.165, 1.54) is 4.68 Å². The fourth-order valence-electron chi connectivity index (χ4n) is 3.01. The second-order valence-corrected chi connectivity index (χ2v) is 6.58. The Balaban J connectivity index is 1.70. The number of carbonyl (C=O) groups excluding carboxylic acids is 1. The Bertz CT molecular complexity index is 1090. The van der Waals surface area contributed by atoms with Crippen LogP contribution in [0.3, 0.4) is 0 Å². The van der Waals surface area contributed by atoms with Gasteiger partial charge < -0.3 is 5.32 Å². The van der Waals surface area contributed by atoms with Crippen LogP contribution in [-0.4, -0.2) is 20.7 Å². The first-order valence-corrected chi connectivity index (χ1v) is 9.10. The number of aromatic nitrogens is 3. The van der Waals surface area contributed by atoms with Crippen LogP contribution in [0.15, 0.2) is 85.2 Å². The van der Waals surface area contributed by atoms with Gasteiger partial charge in [0.25, 0.3) is 5.91 Å². The van der Waals surface area contributed by atoms with Crippen molar-refractivity contribution in [3.8, 4) is 11.3 Å². The lowest BCUT2D eigenvalue weighted by Crippen LogP contribution is -2.17. The van der Waals surface area contributed by atoms with Crippen molar-refractivity contribution in [2.24, 2.45) is 0 Å². The van der Waals surface area contributed by atoms with Crippen molar-refractivity contribution in [3.05, 3.63) is 102 Å². The summed E-state index contributed by atoms with van der Waals surface area (Å²) in [6.07, 6.45) is 3.46. The minimum Gasteiger partial charge on any atom is -0.366 e. The summed E-state index contributed by atoms with van der Waals surface area (Å²) in [4.78, 5) is 17.3. The quantitative estimate of drug-likeness (QED) is 0.561. The lowest BCUT2D eigenvalue weighted by molar-refractivity contribution is 0.0948. The highest BCUT2D eigenvalue weighted by Gasteiger charge is 2.17. The maximum atomic E-state index is 13.1. The summed E-state index contributed by atoms with van der Waals surface area (Å²) in [6.45, 7) is 2.57. The van der Waals surface area contributed by atoms with Gasteiger partial charge in [0.1, 0.15) is 5.82 Å². The molecule has 4 aromatic rings. The Morgan fingerprint density at radius 1 is 1.00 bits per heavy atom. The molecule has 4 rings (SSSR count). The van der Waals surface area contributed by atoms with Crippen molar-refractivity contribution in [2.45, 2.75) is 13.5 Å². The molecule has 2 aromatic carbocycles. The number of hydrogen-bond donors (Lipinski definition) is 1. The summed E-state index contributed by atoms with van der Waals surface area (Å²) < 4.78 is 1.43. The van der Waals surface area contributed by atoms with Crippen LogP contribution in [0.5, 0.6) is 0 Å². The molecule has 28 heavy (non-hydrogen) atoms.